The zero-order valence-electron chi connectivity index (χ0n) is 17.8. The van der Waals surface area contributed by atoms with E-state index in [9.17, 15) is 14.4 Å². The van der Waals surface area contributed by atoms with Gasteiger partial charge in [-0.15, -0.1) is 11.3 Å². The Labute approximate surface area is 185 Å². The molecule has 3 aliphatic rings. The molecule has 5 rings (SSSR count). The van der Waals surface area contributed by atoms with Crippen LogP contribution in [0.15, 0.2) is 41.8 Å². The number of anilines is 1. The van der Waals surface area contributed by atoms with Crippen molar-refractivity contribution in [2.45, 2.75) is 32.6 Å². The van der Waals surface area contributed by atoms with E-state index >= 15 is 0 Å². The fraction of sp³-hybridized carbons (Fsp3) is 0.417. The van der Waals surface area contributed by atoms with E-state index in [1.807, 2.05) is 29.7 Å². The summed E-state index contributed by atoms with van der Waals surface area (Å²) in [6.45, 7) is 6.26. The molecule has 2 aromatic rings. The van der Waals surface area contributed by atoms with Gasteiger partial charge in [0.2, 0.25) is 17.7 Å². The third kappa shape index (κ3) is 3.41. The van der Waals surface area contributed by atoms with Gasteiger partial charge in [0.25, 0.3) is 0 Å². The molecule has 6 nitrogen and oxygen atoms in total. The van der Waals surface area contributed by atoms with E-state index in [1.54, 1.807) is 0 Å². The molecule has 31 heavy (non-hydrogen) atoms. The summed E-state index contributed by atoms with van der Waals surface area (Å²) in [6, 6.07) is 8.25. The molecule has 1 saturated heterocycles. The van der Waals surface area contributed by atoms with Gasteiger partial charge in [0, 0.05) is 10.9 Å². The first-order valence-corrected chi connectivity index (χ1v) is 11.5. The highest BCUT2D eigenvalue weighted by Gasteiger charge is 2.59. The molecule has 160 valence electrons. The van der Waals surface area contributed by atoms with Crippen molar-refractivity contribution in [3.63, 3.8) is 0 Å². The van der Waals surface area contributed by atoms with Crippen molar-refractivity contribution in [2.75, 3.05) is 11.9 Å². The molecule has 1 aliphatic heterocycles. The molecule has 2 bridgehead atoms. The second-order valence-electron chi connectivity index (χ2n) is 9.68. The van der Waals surface area contributed by atoms with E-state index in [0.717, 1.165) is 22.6 Å². The summed E-state index contributed by atoms with van der Waals surface area (Å²) in [6.07, 6.45) is 4.98. The summed E-state index contributed by atoms with van der Waals surface area (Å²) in [7, 11) is 0. The average Bonchev–Trinajstić information content (AvgIpc) is 3.49. The molecule has 1 aromatic heterocycles. The predicted octanol–water partition coefficient (Wildman–Crippen LogP) is 3.85. The van der Waals surface area contributed by atoms with Crippen LogP contribution < -0.4 is 5.32 Å². The molecular formula is C24H25N3O3S. The van der Waals surface area contributed by atoms with Crippen molar-refractivity contribution in [2.24, 2.45) is 23.7 Å². The van der Waals surface area contributed by atoms with E-state index in [0.29, 0.717) is 5.13 Å². The molecule has 2 aliphatic carbocycles. The van der Waals surface area contributed by atoms with Crippen molar-refractivity contribution in [3.8, 4) is 11.3 Å². The minimum absolute atomic E-state index is 0.0816. The Kier molecular flexibility index (Phi) is 4.62. The first-order valence-electron chi connectivity index (χ1n) is 10.6. The second-order valence-corrected chi connectivity index (χ2v) is 10.5. The number of nitrogens with one attached hydrogen (secondary N) is 1. The summed E-state index contributed by atoms with van der Waals surface area (Å²) >= 11 is 1.33. The molecule has 0 radical (unpaired) electrons. The van der Waals surface area contributed by atoms with Crippen LogP contribution in [0.5, 0.6) is 0 Å². The van der Waals surface area contributed by atoms with Crippen LogP contribution in [0.25, 0.3) is 11.3 Å². The van der Waals surface area contributed by atoms with Crippen molar-refractivity contribution >= 4 is 34.2 Å². The molecule has 0 spiro atoms. The van der Waals surface area contributed by atoms with Gasteiger partial charge in [0.1, 0.15) is 6.54 Å². The Morgan fingerprint density at radius 1 is 1.10 bits per heavy atom. The van der Waals surface area contributed by atoms with E-state index in [4.69, 9.17) is 0 Å². The van der Waals surface area contributed by atoms with Crippen molar-refractivity contribution < 1.29 is 14.4 Å². The van der Waals surface area contributed by atoms with Crippen LogP contribution in [0.4, 0.5) is 5.13 Å². The third-order valence-corrected chi connectivity index (χ3v) is 7.42. The van der Waals surface area contributed by atoms with E-state index in [1.165, 1.54) is 16.9 Å². The van der Waals surface area contributed by atoms with E-state index in [2.05, 4.69) is 43.2 Å². The molecule has 2 heterocycles. The van der Waals surface area contributed by atoms with Crippen LogP contribution in [0.3, 0.4) is 0 Å². The number of allylic oxidation sites excluding steroid dienone is 2. The number of imide groups is 1. The standard InChI is InChI=1S/C24H25N3O3S/c1-24(2,3)16-8-6-13(7-9-16)17-12-31-23(25-17)26-18(28)11-27-21(29)19-14-4-5-15(10-14)20(19)22(27)30/h4-9,12,14-15,19-20H,10-11H2,1-3H3,(H,25,26,28). The van der Waals surface area contributed by atoms with Crippen LogP contribution in [0.1, 0.15) is 32.8 Å². The number of hydrogen-bond acceptors (Lipinski definition) is 5. The number of amides is 3. The fourth-order valence-electron chi connectivity index (χ4n) is 5.03. The van der Waals surface area contributed by atoms with Gasteiger partial charge >= 0.3 is 0 Å². The highest BCUT2D eigenvalue weighted by atomic mass is 32.1. The third-order valence-electron chi connectivity index (χ3n) is 6.66. The Hall–Kier alpha value is -2.80. The lowest BCUT2D eigenvalue weighted by Crippen LogP contribution is -2.39. The van der Waals surface area contributed by atoms with Crippen LogP contribution >= 0.6 is 11.3 Å². The van der Waals surface area contributed by atoms with Gasteiger partial charge in [0.15, 0.2) is 5.13 Å². The van der Waals surface area contributed by atoms with Crippen molar-refractivity contribution in [1.29, 1.82) is 0 Å². The maximum Gasteiger partial charge on any atom is 0.246 e. The number of aromatic nitrogens is 1. The number of thiazole rings is 1. The normalized spacial score (nSPS) is 26.6. The number of nitrogens with zero attached hydrogens (tertiary/aromatic N) is 2. The fourth-order valence-corrected chi connectivity index (χ4v) is 5.76. The number of likely N-dealkylation sites (tertiary alicyclic amines) is 1. The molecule has 4 atom stereocenters. The summed E-state index contributed by atoms with van der Waals surface area (Å²) in [5.74, 6) is -1.08. The molecule has 1 aromatic carbocycles. The van der Waals surface area contributed by atoms with Gasteiger partial charge in [-0.25, -0.2) is 4.98 Å². The molecule has 7 heteroatoms. The largest absolute Gasteiger partial charge is 0.300 e. The van der Waals surface area contributed by atoms with Gasteiger partial charge in [-0.05, 0) is 29.2 Å². The maximum absolute atomic E-state index is 12.7. The lowest BCUT2D eigenvalue weighted by molar-refractivity contribution is -0.143. The molecule has 3 amide bonds. The van der Waals surface area contributed by atoms with Crippen LogP contribution in [0.2, 0.25) is 0 Å². The monoisotopic (exact) mass is 435 g/mol. The molecule has 1 saturated carbocycles. The van der Waals surface area contributed by atoms with Crippen molar-refractivity contribution in [3.05, 3.63) is 47.4 Å². The SMILES string of the molecule is CC(C)(C)c1ccc(-c2csc(NC(=O)CN3C(=O)C4C5C=CC(C5)C4C3=O)n2)cc1. The molecule has 1 N–H and O–H groups in total. The minimum atomic E-state index is -0.397. The topological polar surface area (TPSA) is 79.4 Å². The highest BCUT2D eigenvalue weighted by molar-refractivity contribution is 7.14. The number of carbonyl (C=O) groups excluding carboxylic acids is 3. The average molecular weight is 436 g/mol. The Morgan fingerprint density at radius 2 is 1.71 bits per heavy atom. The quantitative estimate of drug-likeness (QED) is 0.584. The zero-order valence-corrected chi connectivity index (χ0v) is 18.6. The zero-order chi connectivity index (χ0) is 21.9. The van der Waals surface area contributed by atoms with E-state index in [-0.39, 0.29) is 47.4 Å². The van der Waals surface area contributed by atoms with Crippen LogP contribution in [-0.4, -0.2) is 34.2 Å². The number of carbonyl (C=O) groups is 3. The van der Waals surface area contributed by atoms with Crippen molar-refractivity contribution in [1.82, 2.24) is 9.88 Å². The van der Waals surface area contributed by atoms with E-state index < -0.39 is 5.91 Å². The summed E-state index contributed by atoms with van der Waals surface area (Å²) < 4.78 is 0. The molecule has 2 fully saturated rings. The second kappa shape index (κ2) is 7.12. The number of benzene rings is 1. The van der Waals surface area contributed by atoms with Gasteiger partial charge in [0.05, 0.1) is 17.5 Å². The van der Waals surface area contributed by atoms with Crippen LogP contribution in [-0.2, 0) is 19.8 Å². The van der Waals surface area contributed by atoms with Crippen LogP contribution in [0, 0.1) is 23.7 Å². The Morgan fingerprint density at radius 3 is 2.29 bits per heavy atom. The maximum atomic E-state index is 12.7. The predicted molar refractivity (Wildman–Crippen MR) is 119 cm³/mol. The van der Waals surface area contributed by atoms with Gasteiger partial charge in [-0.1, -0.05) is 57.2 Å². The Balaban J connectivity index is 1.24. The summed E-state index contributed by atoms with van der Waals surface area (Å²) in [5.41, 5.74) is 3.09. The number of fused-ring (bicyclic) bond motifs is 5. The van der Waals surface area contributed by atoms with Gasteiger partial charge in [-0.3, -0.25) is 19.3 Å². The summed E-state index contributed by atoms with van der Waals surface area (Å²) in [4.78, 5) is 43.7. The van der Waals surface area contributed by atoms with Gasteiger partial charge in [-0.2, -0.15) is 0 Å². The highest BCUT2D eigenvalue weighted by Crippen LogP contribution is 2.52. The smallest absolute Gasteiger partial charge is 0.246 e. The first-order chi connectivity index (χ1) is 14.7. The first kappa shape index (κ1) is 20.1. The Bertz CT molecular complexity index is 1070. The minimum Gasteiger partial charge on any atom is -0.300 e. The number of hydrogen-bond donors (Lipinski definition) is 1. The number of rotatable bonds is 4. The van der Waals surface area contributed by atoms with Gasteiger partial charge < -0.3 is 5.32 Å². The lowest BCUT2D eigenvalue weighted by Gasteiger charge is -2.18. The molecule has 4 unspecified atom stereocenters. The molecular weight excluding hydrogens is 410 g/mol. The lowest BCUT2D eigenvalue weighted by atomic mass is 9.85. The summed E-state index contributed by atoms with van der Waals surface area (Å²) in [5, 5.41) is 5.10.